The Morgan fingerprint density at radius 1 is 1.10 bits per heavy atom. The summed E-state index contributed by atoms with van der Waals surface area (Å²) in [5.74, 6) is 0.636. The van der Waals surface area contributed by atoms with Gasteiger partial charge in [-0.2, -0.15) is 9.97 Å². The lowest BCUT2D eigenvalue weighted by Gasteiger charge is -2.09. The monoisotopic (exact) mass is 371 g/mol. The van der Waals surface area contributed by atoms with E-state index in [1.807, 2.05) is 32.9 Å². The molecule has 1 aromatic carbocycles. The number of hydrogen-bond acceptors (Lipinski definition) is 5. The molecular formula is C14H15BrClN3O2. The molecule has 0 bridgehead atoms. The third-order valence-electron chi connectivity index (χ3n) is 2.62. The van der Waals surface area contributed by atoms with Crippen LogP contribution < -0.4 is 9.47 Å². The quantitative estimate of drug-likeness (QED) is 0.774. The average Bonchev–Trinajstić information content (AvgIpc) is 2.42. The van der Waals surface area contributed by atoms with Crippen LogP contribution in [0.25, 0.3) is 0 Å². The van der Waals surface area contributed by atoms with Crippen molar-refractivity contribution >= 4 is 27.5 Å². The molecule has 0 amide bonds. The molecule has 2 rings (SSSR count). The molecule has 0 spiro atoms. The van der Waals surface area contributed by atoms with E-state index in [9.17, 15) is 0 Å². The Bertz CT molecular complexity index is 629. The van der Waals surface area contributed by atoms with Gasteiger partial charge in [0.15, 0.2) is 0 Å². The highest BCUT2D eigenvalue weighted by Gasteiger charge is 2.10. The van der Waals surface area contributed by atoms with E-state index in [0.717, 1.165) is 22.0 Å². The van der Waals surface area contributed by atoms with Crippen LogP contribution in [0.4, 0.5) is 0 Å². The maximum atomic E-state index is 5.85. The Labute approximate surface area is 136 Å². The molecule has 5 nitrogen and oxygen atoms in total. The minimum absolute atomic E-state index is 0.0386. The molecule has 21 heavy (non-hydrogen) atoms. The third kappa shape index (κ3) is 4.28. The second-order valence-corrected chi connectivity index (χ2v) is 5.62. The van der Waals surface area contributed by atoms with E-state index in [4.69, 9.17) is 21.1 Å². The normalized spacial score (nSPS) is 10.5. The zero-order valence-corrected chi connectivity index (χ0v) is 14.3. The molecule has 0 aliphatic carbocycles. The lowest BCUT2D eigenvalue weighted by molar-refractivity contribution is 0.284. The average molecular weight is 373 g/mol. The van der Waals surface area contributed by atoms with Crippen molar-refractivity contribution < 1.29 is 9.47 Å². The van der Waals surface area contributed by atoms with Gasteiger partial charge in [0.05, 0.1) is 6.61 Å². The molecule has 0 saturated heterocycles. The first-order valence-corrected chi connectivity index (χ1v) is 7.65. The lowest BCUT2D eigenvalue weighted by Crippen LogP contribution is -2.03. The number of benzene rings is 1. The molecule has 0 aliphatic heterocycles. The Balaban J connectivity index is 2.24. The number of rotatable bonds is 5. The number of hydrogen-bond donors (Lipinski definition) is 0. The van der Waals surface area contributed by atoms with Crippen LogP contribution in [0.1, 0.15) is 24.5 Å². The van der Waals surface area contributed by atoms with Gasteiger partial charge in [0, 0.05) is 4.47 Å². The number of ether oxygens (including phenoxy) is 2. The van der Waals surface area contributed by atoms with Gasteiger partial charge in [0.25, 0.3) is 0 Å². The summed E-state index contributed by atoms with van der Waals surface area (Å²) in [6.45, 7) is 6.48. The van der Waals surface area contributed by atoms with Crippen LogP contribution in [0.15, 0.2) is 16.6 Å². The van der Waals surface area contributed by atoms with Gasteiger partial charge in [-0.15, -0.1) is 4.98 Å². The van der Waals surface area contributed by atoms with Crippen LogP contribution in [-0.4, -0.2) is 21.6 Å². The van der Waals surface area contributed by atoms with Crippen LogP contribution in [0.5, 0.6) is 17.8 Å². The summed E-state index contributed by atoms with van der Waals surface area (Å²) in [6.07, 6.45) is 0.852. The first-order valence-electron chi connectivity index (χ1n) is 6.48. The standard InChI is InChI=1S/C14H15BrClN3O2/c1-4-5-20-13-17-12(16)18-14(19-13)21-10-6-8(2)11(15)9(3)7-10/h6-7H,4-5H2,1-3H3. The molecule has 0 atom stereocenters. The SMILES string of the molecule is CCCOc1nc(Cl)nc(Oc2cc(C)c(Br)c(C)c2)n1. The van der Waals surface area contributed by atoms with E-state index >= 15 is 0 Å². The minimum atomic E-state index is 0.0386. The van der Waals surface area contributed by atoms with Crippen LogP contribution in [0, 0.1) is 13.8 Å². The summed E-state index contributed by atoms with van der Waals surface area (Å²) in [7, 11) is 0. The van der Waals surface area contributed by atoms with E-state index in [1.54, 1.807) is 0 Å². The fourth-order valence-electron chi connectivity index (χ4n) is 1.69. The van der Waals surface area contributed by atoms with Gasteiger partial charge < -0.3 is 9.47 Å². The van der Waals surface area contributed by atoms with Crippen molar-refractivity contribution in [2.75, 3.05) is 6.61 Å². The van der Waals surface area contributed by atoms with Crippen molar-refractivity contribution in [3.05, 3.63) is 33.0 Å². The minimum Gasteiger partial charge on any atom is -0.463 e. The molecule has 0 fully saturated rings. The highest BCUT2D eigenvalue weighted by molar-refractivity contribution is 9.10. The molecule has 0 saturated carbocycles. The van der Waals surface area contributed by atoms with E-state index < -0.39 is 0 Å². The van der Waals surface area contributed by atoms with Gasteiger partial charge in [-0.3, -0.25) is 0 Å². The van der Waals surface area contributed by atoms with Crippen molar-refractivity contribution in [3.63, 3.8) is 0 Å². The van der Waals surface area contributed by atoms with Crippen LogP contribution in [-0.2, 0) is 0 Å². The van der Waals surface area contributed by atoms with Crippen molar-refractivity contribution in [2.24, 2.45) is 0 Å². The van der Waals surface area contributed by atoms with Crippen LogP contribution in [0.2, 0.25) is 5.28 Å². The van der Waals surface area contributed by atoms with Crippen molar-refractivity contribution in [3.8, 4) is 17.8 Å². The summed E-state index contributed by atoms with van der Waals surface area (Å²) in [5.41, 5.74) is 2.13. The second kappa shape index (κ2) is 7.04. The van der Waals surface area contributed by atoms with Crippen molar-refractivity contribution in [1.29, 1.82) is 0 Å². The van der Waals surface area contributed by atoms with Gasteiger partial charge in [-0.05, 0) is 55.1 Å². The summed E-state index contributed by atoms with van der Waals surface area (Å²) < 4.78 is 12.0. The highest BCUT2D eigenvalue weighted by atomic mass is 79.9. The van der Waals surface area contributed by atoms with E-state index in [-0.39, 0.29) is 17.3 Å². The van der Waals surface area contributed by atoms with E-state index in [1.165, 1.54) is 0 Å². The Kier molecular flexibility index (Phi) is 5.36. The second-order valence-electron chi connectivity index (χ2n) is 4.49. The number of aryl methyl sites for hydroxylation is 2. The molecular weight excluding hydrogens is 358 g/mol. The van der Waals surface area contributed by atoms with E-state index in [0.29, 0.717) is 12.4 Å². The first-order chi connectivity index (χ1) is 9.99. The zero-order chi connectivity index (χ0) is 15.4. The van der Waals surface area contributed by atoms with Gasteiger partial charge in [-0.1, -0.05) is 22.9 Å². The first kappa shape index (κ1) is 16.0. The lowest BCUT2D eigenvalue weighted by atomic mass is 10.1. The molecule has 0 radical (unpaired) electrons. The van der Waals surface area contributed by atoms with Crippen LogP contribution in [0.3, 0.4) is 0 Å². The molecule has 112 valence electrons. The van der Waals surface area contributed by atoms with Gasteiger partial charge in [0.1, 0.15) is 5.75 Å². The third-order valence-corrected chi connectivity index (χ3v) is 4.04. The fraction of sp³-hybridized carbons (Fsp3) is 0.357. The fourth-order valence-corrected chi connectivity index (χ4v) is 2.06. The molecule has 0 N–H and O–H groups in total. The summed E-state index contributed by atoms with van der Waals surface area (Å²) >= 11 is 9.37. The molecule has 1 aromatic heterocycles. The zero-order valence-electron chi connectivity index (χ0n) is 12.0. The van der Waals surface area contributed by atoms with Gasteiger partial charge in [-0.25, -0.2) is 0 Å². The summed E-state index contributed by atoms with van der Waals surface area (Å²) in [5, 5.41) is 0.0386. The van der Waals surface area contributed by atoms with Crippen LogP contribution >= 0.6 is 27.5 Å². The molecule has 0 aliphatic rings. The molecule has 0 unspecified atom stereocenters. The maximum absolute atomic E-state index is 5.85. The highest BCUT2D eigenvalue weighted by Crippen LogP contribution is 2.28. The largest absolute Gasteiger partial charge is 0.463 e. The van der Waals surface area contributed by atoms with Crippen molar-refractivity contribution in [1.82, 2.24) is 15.0 Å². The van der Waals surface area contributed by atoms with Gasteiger partial charge >= 0.3 is 12.0 Å². The number of aromatic nitrogens is 3. The predicted octanol–water partition coefficient (Wildman–Crippen LogP) is 4.49. The predicted molar refractivity (Wildman–Crippen MR) is 84.3 cm³/mol. The Hall–Kier alpha value is -1.40. The summed E-state index contributed by atoms with van der Waals surface area (Å²) in [6, 6.07) is 4.06. The molecule has 2 aromatic rings. The Morgan fingerprint density at radius 3 is 2.33 bits per heavy atom. The maximum Gasteiger partial charge on any atom is 0.329 e. The molecule has 1 heterocycles. The van der Waals surface area contributed by atoms with Crippen molar-refractivity contribution in [2.45, 2.75) is 27.2 Å². The topological polar surface area (TPSA) is 57.1 Å². The number of nitrogens with zero attached hydrogens (tertiary/aromatic N) is 3. The Morgan fingerprint density at radius 2 is 1.71 bits per heavy atom. The van der Waals surface area contributed by atoms with E-state index in [2.05, 4.69) is 30.9 Å². The molecule has 7 heteroatoms. The smallest absolute Gasteiger partial charge is 0.329 e. The summed E-state index contributed by atoms with van der Waals surface area (Å²) in [4.78, 5) is 11.9. The van der Waals surface area contributed by atoms with Gasteiger partial charge in [0.2, 0.25) is 5.28 Å². The number of halogens is 2.